The zero-order chi connectivity index (χ0) is 10.8. The first-order chi connectivity index (χ1) is 7.15. The molecular formula is C11H18N4. The van der Waals surface area contributed by atoms with E-state index < -0.39 is 0 Å². The first-order valence-electron chi connectivity index (χ1n) is 5.52. The third kappa shape index (κ3) is 2.45. The number of rotatable bonds is 1. The van der Waals surface area contributed by atoms with Crippen molar-refractivity contribution in [3.8, 4) is 0 Å². The van der Waals surface area contributed by atoms with Gasteiger partial charge >= 0.3 is 0 Å². The number of aromatic nitrogens is 2. The predicted octanol–water partition coefficient (Wildman–Crippen LogP) is 1.35. The lowest BCUT2D eigenvalue weighted by molar-refractivity contribution is 0.390. The lowest BCUT2D eigenvalue weighted by atomic mass is 9.84. The van der Waals surface area contributed by atoms with Crippen LogP contribution in [0.25, 0.3) is 0 Å². The van der Waals surface area contributed by atoms with Gasteiger partial charge in [-0.1, -0.05) is 0 Å². The molecule has 0 atom stereocenters. The van der Waals surface area contributed by atoms with Crippen LogP contribution in [0.15, 0.2) is 6.07 Å². The quantitative estimate of drug-likeness (QED) is 0.727. The number of hydrogen-bond donors (Lipinski definition) is 2. The summed E-state index contributed by atoms with van der Waals surface area (Å²) in [6.07, 6.45) is 4.43. The molecule has 2 rings (SSSR count). The van der Waals surface area contributed by atoms with Crippen molar-refractivity contribution < 1.29 is 0 Å². The van der Waals surface area contributed by atoms with Gasteiger partial charge in [0.15, 0.2) is 0 Å². The van der Waals surface area contributed by atoms with Gasteiger partial charge < -0.3 is 11.5 Å². The molecule has 1 saturated carbocycles. The molecule has 0 spiro atoms. The second-order valence-electron chi connectivity index (χ2n) is 4.40. The smallest absolute Gasteiger partial charge is 0.220 e. The molecule has 82 valence electrons. The van der Waals surface area contributed by atoms with Gasteiger partial charge in [-0.15, -0.1) is 0 Å². The minimum atomic E-state index is 0.376. The normalized spacial score (nSPS) is 26.5. The van der Waals surface area contributed by atoms with Crippen molar-refractivity contribution in [1.82, 2.24) is 9.97 Å². The fourth-order valence-electron chi connectivity index (χ4n) is 2.24. The Bertz CT molecular complexity index is 322. The molecule has 4 nitrogen and oxygen atoms in total. The number of nitrogens with two attached hydrogens (primary N) is 2. The maximum absolute atomic E-state index is 5.88. The van der Waals surface area contributed by atoms with E-state index in [9.17, 15) is 0 Å². The van der Waals surface area contributed by atoms with E-state index in [1.807, 2.05) is 13.0 Å². The van der Waals surface area contributed by atoms with E-state index in [4.69, 9.17) is 11.5 Å². The van der Waals surface area contributed by atoms with E-state index >= 15 is 0 Å². The van der Waals surface area contributed by atoms with Crippen LogP contribution in [0.1, 0.15) is 43.0 Å². The van der Waals surface area contributed by atoms with Crippen LogP contribution in [0.2, 0.25) is 0 Å². The van der Waals surface area contributed by atoms with Gasteiger partial charge in [0.1, 0.15) is 0 Å². The molecular weight excluding hydrogens is 188 g/mol. The van der Waals surface area contributed by atoms with E-state index in [0.717, 1.165) is 37.1 Å². The molecule has 1 fully saturated rings. The summed E-state index contributed by atoms with van der Waals surface area (Å²) >= 11 is 0. The van der Waals surface area contributed by atoms with E-state index in [1.54, 1.807) is 0 Å². The average Bonchev–Trinajstić information content (AvgIpc) is 2.17. The standard InChI is InChI=1S/C11H18N4/c1-7-6-10(15-11(13)14-7)8-2-4-9(12)5-3-8/h6,8-9H,2-5,12H2,1H3,(H2,13,14,15). The Labute approximate surface area is 90.1 Å². The van der Waals surface area contributed by atoms with Crippen LogP contribution in [0.4, 0.5) is 5.95 Å². The molecule has 1 heterocycles. The molecule has 1 aromatic heterocycles. The minimum Gasteiger partial charge on any atom is -0.368 e. The van der Waals surface area contributed by atoms with Crippen molar-refractivity contribution in [3.63, 3.8) is 0 Å². The van der Waals surface area contributed by atoms with Gasteiger partial charge in [0.25, 0.3) is 0 Å². The molecule has 0 radical (unpaired) electrons. The Morgan fingerprint density at radius 1 is 1.20 bits per heavy atom. The van der Waals surface area contributed by atoms with Crippen LogP contribution >= 0.6 is 0 Å². The number of nitrogen functional groups attached to an aromatic ring is 1. The van der Waals surface area contributed by atoms with Crippen molar-refractivity contribution in [2.24, 2.45) is 5.73 Å². The van der Waals surface area contributed by atoms with Crippen molar-refractivity contribution >= 4 is 5.95 Å². The highest BCUT2D eigenvalue weighted by atomic mass is 15.0. The van der Waals surface area contributed by atoms with Crippen LogP contribution in [-0.2, 0) is 0 Å². The summed E-state index contributed by atoms with van der Waals surface area (Å²) < 4.78 is 0. The molecule has 4 N–H and O–H groups in total. The molecule has 4 heteroatoms. The van der Waals surface area contributed by atoms with E-state index in [-0.39, 0.29) is 0 Å². The Hall–Kier alpha value is -1.16. The number of anilines is 1. The third-order valence-electron chi connectivity index (χ3n) is 3.08. The second kappa shape index (κ2) is 4.14. The monoisotopic (exact) mass is 206 g/mol. The lowest BCUT2D eigenvalue weighted by Gasteiger charge is -2.25. The van der Waals surface area contributed by atoms with E-state index in [2.05, 4.69) is 9.97 Å². The van der Waals surface area contributed by atoms with E-state index in [1.165, 1.54) is 0 Å². The summed E-state index contributed by atoms with van der Waals surface area (Å²) in [4.78, 5) is 8.39. The van der Waals surface area contributed by atoms with Crippen LogP contribution in [0, 0.1) is 6.92 Å². The van der Waals surface area contributed by atoms with Crippen LogP contribution in [0.5, 0.6) is 0 Å². The summed E-state index contributed by atoms with van der Waals surface area (Å²) in [6, 6.07) is 2.42. The summed E-state index contributed by atoms with van der Waals surface area (Å²) in [7, 11) is 0. The predicted molar refractivity (Wildman–Crippen MR) is 60.4 cm³/mol. The zero-order valence-corrected chi connectivity index (χ0v) is 9.11. The molecule has 0 bridgehead atoms. The van der Waals surface area contributed by atoms with Gasteiger partial charge in [-0.3, -0.25) is 0 Å². The minimum absolute atomic E-state index is 0.376. The maximum atomic E-state index is 5.88. The molecule has 1 aliphatic carbocycles. The molecule has 0 aliphatic heterocycles. The lowest BCUT2D eigenvalue weighted by Crippen LogP contribution is -2.26. The molecule has 1 aromatic rings. The van der Waals surface area contributed by atoms with Gasteiger partial charge in [0, 0.05) is 23.3 Å². The SMILES string of the molecule is Cc1cc(C2CCC(N)CC2)nc(N)n1. The van der Waals surface area contributed by atoms with Crippen molar-refractivity contribution in [3.05, 3.63) is 17.5 Å². The van der Waals surface area contributed by atoms with Crippen LogP contribution in [0.3, 0.4) is 0 Å². The van der Waals surface area contributed by atoms with Gasteiger partial charge in [-0.2, -0.15) is 0 Å². The zero-order valence-electron chi connectivity index (χ0n) is 9.11. The maximum Gasteiger partial charge on any atom is 0.220 e. The summed E-state index contributed by atoms with van der Waals surface area (Å²) in [5, 5.41) is 0. The van der Waals surface area contributed by atoms with Crippen molar-refractivity contribution in [1.29, 1.82) is 0 Å². The number of hydrogen-bond acceptors (Lipinski definition) is 4. The molecule has 0 saturated heterocycles. The Balaban J connectivity index is 2.15. The van der Waals surface area contributed by atoms with Gasteiger partial charge in [-0.05, 0) is 38.7 Å². The molecule has 0 aromatic carbocycles. The fraction of sp³-hybridized carbons (Fsp3) is 0.636. The topological polar surface area (TPSA) is 77.8 Å². The van der Waals surface area contributed by atoms with Gasteiger partial charge in [0.2, 0.25) is 5.95 Å². The van der Waals surface area contributed by atoms with Crippen molar-refractivity contribution in [2.75, 3.05) is 5.73 Å². The van der Waals surface area contributed by atoms with Gasteiger partial charge in [0.05, 0.1) is 0 Å². The molecule has 0 amide bonds. The summed E-state index contributed by atoms with van der Waals surface area (Å²) in [5.74, 6) is 0.911. The summed E-state index contributed by atoms with van der Waals surface area (Å²) in [6.45, 7) is 1.95. The highest BCUT2D eigenvalue weighted by molar-refractivity contribution is 5.24. The van der Waals surface area contributed by atoms with Crippen molar-refractivity contribution in [2.45, 2.75) is 44.6 Å². The first-order valence-corrected chi connectivity index (χ1v) is 5.52. The second-order valence-corrected chi connectivity index (χ2v) is 4.40. The average molecular weight is 206 g/mol. The molecule has 15 heavy (non-hydrogen) atoms. The van der Waals surface area contributed by atoms with Crippen LogP contribution in [-0.4, -0.2) is 16.0 Å². The molecule has 0 unspecified atom stereocenters. The Morgan fingerprint density at radius 3 is 2.47 bits per heavy atom. The highest BCUT2D eigenvalue weighted by Gasteiger charge is 2.21. The third-order valence-corrected chi connectivity index (χ3v) is 3.08. The summed E-state index contributed by atoms with van der Waals surface area (Å²) in [5.41, 5.74) is 13.6. The fourth-order valence-corrected chi connectivity index (χ4v) is 2.24. The van der Waals surface area contributed by atoms with Crippen LogP contribution < -0.4 is 11.5 Å². The first kappa shape index (κ1) is 10.4. The number of nitrogens with zero attached hydrogens (tertiary/aromatic N) is 2. The van der Waals surface area contributed by atoms with E-state index in [0.29, 0.717) is 17.9 Å². The number of aryl methyl sites for hydroxylation is 1. The van der Waals surface area contributed by atoms with Gasteiger partial charge in [-0.25, -0.2) is 9.97 Å². The Kier molecular flexibility index (Phi) is 2.86. The molecule has 1 aliphatic rings. The largest absolute Gasteiger partial charge is 0.368 e. The Morgan fingerprint density at radius 2 is 1.87 bits per heavy atom. The highest BCUT2D eigenvalue weighted by Crippen LogP contribution is 2.31.